The number of sulfonamides is 1. The number of nitrogens with one attached hydrogen (secondary N) is 1. The van der Waals surface area contributed by atoms with Crippen LogP contribution in [0.1, 0.15) is 24.5 Å². The molecule has 9 heteroatoms. The van der Waals surface area contributed by atoms with Crippen molar-refractivity contribution in [3.63, 3.8) is 0 Å². The Morgan fingerprint density at radius 1 is 1.42 bits per heavy atom. The van der Waals surface area contributed by atoms with Gasteiger partial charge in [0.1, 0.15) is 0 Å². The van der Waals surface area contributed by atoms with Gasteiger partial charge in [-0.3, -0.25) is 4.79 Å². The molecule has 2 atom stereocenters. The summed E-state index contributed by atoms with van der Waals surface area (Å²) in [5.41, 5.74) is 0.762. The molecule has 2 fully saturated rings. The molecule has 0 bridgehead atoms. The van der Waals surface area contributed by atoms with E-state index in [9.17, 15) is 13.2 Å². The minimum absolute atomic E-state index is 0.0717. The molecule has 1 N–H and O–H groups in total. The zero-order valence-electron chi connectivity index (χ0n) is 14.0. The van der Waals surface area contributed by atoms with Gasteiger partial charge in [-0.1, -0.05) is 0 Å². The predicted molar refractivity (Wildman–Crippen MR) is 87.8 cm³/mol. The van der Waals surface area contributed by atoms with E-state index in [2.05, 4.69) is 10.3 Å². The Hall–Kier alpha value is -1.45. The molecule has 0 radical (unpaired) electrons. The highest BCUT2D eigenvalue weighted by atomic mass is 32.2. The fourth-order valence-electron chi connectivity index (χ4n) is 3.04. The standard InChI is InChI=1S/C15H24N4O4S/c1-18-9-14(16-10-18)12-7-19(24(21,22)6-5-23-2)8-13(12)15(20)17-11-3-4-11/h9-13H,3-8H2,1-2H3,(H,17,20)/t12-,13-/m1/s1. The van der Waals surface area contributed by atoms with Gasteiger partial charge in [-0.25, -0.2) is 17.7 Å². The SMILES string of the molecule is COCCS(=O)(=O)N1C[C@@H](C(=O)NC2CC2)[C@H](c2cn(C)cn2)C1. The van der Waals surface area contributed by atoms with Gasteiger partial charge < -0.3 is 14.6 Å². The molecule has 1 saturated carbocycles. The minimum Gasteiger partial charge on any atom is -0.384 e. The zero-order chi connectivity index (χ0) is 17.3. The fourth-order valence-corrected chi connectivity index (χ4v) is 4.45. The first-order valence-corrected chi connectivity index (χ1v) is 9.76. The first-order valence-electron chi connectivity index (χ1n) is 8.15. The molecule has 134 valence electrons. The second-order valence-electron chi connectivity index (χ2n) is 6.59. The maximum Gasteiger partial charge on any atom is 0.225 e. The van der Waals surface area contributed by atoms with Crippen LogP contribution in [0, 0.1) is 5.92 Å². The van der Waals surface area contributed by atoms with E-state index >= 15 is 0 Å². The van der Waals surface area contributed by atoms with Crippen molar-refractivity contribution in [3.05, 3.63) is 18.2 Å². The third-order valence-electron chi connectivity index (χ3n) is 4.59. The largest absolute Gasteiger partial charge is 0.384 e. The fraction of sp³-hybridized carbons (Fsp3) is 0.733. The summed E-state index contributed by atoms with van der Waals surface area (Å²) >= 11 is 0. The summed E-state index contributed by atoms with van der Waals surface area (Å²) in [6.45, 7) is 0.629. The van der Waals surface area contributed by atoms with Crippen LogP contribution >= 0.6 is 0 Å². The molecular weight excluding hydrogens is 332 g/mol. The molecule has 1 aromatic heterocycles. The lowest BCUT2D eigenvalue weighted by Gasteiger charge is -2.16. The van der Waals surface area contributed by atoms with Crippen molar-refractivity contribution in [3.8, 4) is 0 Å². The topological polar surface area (TPSA) is 93.5 Å². The number of methoxy groups -OCH3 is 1. The average molecular weight is 356 g/mol. The number of ether oxygens (including phenoxy) is 1. The van der Waals surface area contributed by atoms with Crippen LogP contribution in [0.5, 0.6) is 0 Å². The number of carbonyl (C=O) groups is 1. The monoisotopic (exact) mass is 356 g/mol. The number of aromatic nitrogens is 2. The lowest BCUT2D eigenvalue weighted by atomic mass is 9.92. The Morgan fingerprint density at radius 3 is 2.75 bits per heavy atom. The van der Waals surface area contributed by atoms with E-state index in [4.69, 9.17) is 4.74 Å². The molecular formula is C15H24N4O4S. The number of hydrogen-bond acceptors (Lipinski definition) is 5. The summed E-state index contributed by atoms with van der Waals surface area (Å²) in [6.07, 6.45) is 5.53. The van der Waals surface area contributed by atoms with Crippen LogP contribution in [0.3, 0.4) is 0 Å². The second-order valence-corrected chi connectivity index (χ2v) is 8.67. The number of rotatable bonds is 7. The molecule has 3 rings (SSSR count). The highest BCUT2D eigenvalue weighted by Gasteiger charge is 2.44. The first kappa shape index (κ1) is 17.4. The van der Waals surface area contributed by atoms with E-state index in [-0.39, 0.29) is 43.3 Å². The van der Waals surface area contributed by atoms with Crippen LogP contribution in [-0.4, -0.2) is 66.8 Å². The van der Waals surface area contributed by atoms with E-state index < -0.39 is 15.9 Å². The van der Waals surface area contributed by atoms with Gasteiger partial charge in [0.2, 0.25) is 15.9 Å². The highest BCUT2D eigenvalue weighted by Crippen LogP contribution is 2.34. The lowest BCUT2D eigenvalue weighted by molar-refractivity contribution is -0.125. The molecule has 2 aliphatic rings. The predicted octanol–water partition coefficient (Wildman–Crippen LogP) is -0.310. The Bertz CT molecular complexity index is 698. The maximum atomic E-state index is 12.6. The van der Waals surface area contributed by atoms with E-state index in [0.29, 0.717) is 0 Å². The van der Waals surface area contributed by atoms with E-state index in [1.807, 2.05) is 17.8 Å². The summed E-state index contributed by atoms with van der Waals surface area (Å²) < 4.78 is 33.0. The molecule has 1 aromatic rings. The number of nitrogens with zero attached hydrogens (tertiary/aromatic N) is 3. The highest BCUT2D eigenvalue weighted by molar-refractivity contribution is 7.89. The van der Waals surface area contributed by atoms with Crippen molar-refractivity contribution in [1.82, 2.24) is 19.2 Å². The molecule has 0 spiro atoms. The quantitative estimate of drug-likeness (QED) is 0.723. The van der Waals surface area contributed by atoms with Gasteiger partial charge in [0.05, 0.1) is 30.3 Å². The summed E-state index contributed by atoms with van der Waals surface area (Å²) in [5, 5.41) is 3.00. The van der Waals surface area contributed by atoms with Crippen LogP contribution in [0.15, 0.2) is 12.5 Å². The maximum absolute atomic E-state index is 12.6. The summed E-state index contributed by atoms with van der Waals surface area (Å²) in [5.74, 6) is -0.771. The molecule has 24 heavy (non-hydrogen) atoms. The Labute approximate surface area is 142 Å². The normalized spacial score (nSPS) is 25.1. The third kappa shape index (κ3) is 3.79. The van der Waals surface area contributed by atoms with Crippen molar-refractivity contribution < 1.29 is 17.9 Å². The van der Waals surface area contributed by atoms with Crippen LogP contribution in [0.4, 0.5) is 0 Å². The van der Waals surface area contributed by atoms with Crippen molar-refractivity contribution in [1.29, 1.82) is 0 Å². The van der Waals surface area contributed by atoms with Crippen molar-refractivity contribution in [2.45, 2.75) is 24.8 Å². The van der Waals surface area contributed by atoms with E-state index in [1.165, 1.54) is 11.4 Å². The minimum atomic E-state index is -3.44. The van der Waals surface area contributed by atoms with Crippen molar-refractivity contribution >= 4 is 15.9 Å². The van der Waals surface area contributed by atoms with E-state index in [0.717, 1.165) is 18.5 Å². The molecule has 8 nitrogen and oxygen atoms in total. The Kier molecular flexibility index (Phi) is 4.93. The lowest BCUT2D eigenvalue weighted by Crippen LogP contribution is -2.37. The van der Waals surface area contributed by atoms with Crippen molar-refractivity contribution in [2.24, 2.45) is 13.0 Å². The molecule has 2 heterocycles. The first-order chi connectivity index (χ1) is 11.4. The molecule has 1 aliphatic carbocycles. The third-order valence-corrected chi connectivity index (χ3v) is 6.36. The summed E-state index contributed by atoms with van der Waals surface area (Å²) in [4.78, 5) is 16.9. The van der Waals surface area contributed by atoms with Crippen LogP contribution in [0.2, 0.25) is 0 Å². The molecule has 1 aliphatic heterocycles. The van der Waals surface area contributed by atoms with Gasteiger partial charge in [-0.05, 0) is 12.8 Å². The van der Waals surface area contributed by atoms with Gasteiger partial charge in [0, 0.05) is 45.4 Å². The van der Waals surface area contributed by atoms with Crippen LogP contribution in [-0.2, 0) is 26.6 Å². The van der Waals surface area contributed by atoms with Crippen LogP contribution < -0.4 is 5.32 Å². The number of amides is 1. The summed E-state index contributed by atoms with van der Waals surface area (Å²) in [7, 11) is -0.109. The summed E-state index contributed by atoms with van der Waals surface area (Å²) in [6, 6.07) is 0.251. The molecule has 1 saturated heterocycles. The van der Waals surface area contributed by atoms with Crippen molar-refractivity contribution in [2.75, 3.05) is 32.6 Å². The Balaban J connectivity index is 1.79. The number of hydrogen-bond donors (Lipinski definition) is 1. The average Bonchev–Trinajstić information content (AvgIpc) is 3.06. The zero-order valence-corrected chi connectivity index (χ0v) is 14.8. The van der Waals surface area contributed by atoms with Gasteiger partial charge in [0.15, 0.2) is 0 Å². The van der Waals surface area contributed by atoms with Gasteiger partial charge >= 0.3 is 0 Å². The Morgan fingerprint density at radius 2 is 2.17 bits per heavy atom. The molecule has 0 unspecified atom stereocenters. The molecule has 1 amide bonds. The second kappa shape index (κ2) is 6.81. The molecule has 0 aromatic carbocycles. The van der Waals surface area contributed by atoms with Gasteiger partial charge in [-0.15, -0.1) is 0 Å². The van der Waals surface area contributed by atoms with E-state index in [1.54, 1.807) is 6.33 Å². The number of carbonyl (C=O) groups excluding carboxylic acids is 1. The van der Waals surface area contributed by atoms with Crippen LogP contribution in [0.25, 0.3) is 0 Å². The number of imidazole rings is 1. The van der Waals surface area contributed by atoms with Gasteiger partial charge in [0.25, 0.3) is 0 Å². The van der Waals surface area contributed by atoms with Gasteiger partial charge in [-0.2, -0.15) is 0 Å². The number of aryl methyl sites for hydroxylation is 1. The smallest absolute Gasteiger partial charge is 0.225 e.